The molecule has 2 aromatic carbocycles. The van der Waals surface area contributed by atoms with E-state index in [1.165, 1.54) is 5.56 Å². The third kappa shape index (κ3) is 4.83. The standard InChI is InChI=1S/C26H31N5O3S/c1-16-11-22(12-17(2)24(16)34-4)29-26-27-14-18(3)25(30-26)28-21-6-5-20-15-31(10-9-19(20)13-21)35(32,33)23-7-8-23/h5-6,11-14,23H,7-10,15H2,1-4H3,(H2,27,28,29,30). The second-order valence-corrected chi connectivity index (χ2v) is 11.6. The Kier molecular flexibility index (Phi) is 6.14. The van der Waals surface area contributed by atoms with Gasteiger partial charge in [0.25, 0.3) is 0 Å². The lowest BCUT2D eigenvalue weighted by Gasteiger charge is -2.28. The predicted octanol–water partition coefficient (Wildman–Crippen LogP) is 4.75. The molecule has 0 bridgehead atoms. The third-order valence-electron chi connectivity index (χ3n) is 6.64. The minimum absolute atomic E-state index is 0.167. The Bertz CT molecular complexity index is 1360. The van der Waals surface area contributed by atoms with Gasteiger partial charge in [0.15, 0.2) is 0 Å². The molecule has 1 aliphatic heterocycles. The van der Waals surface area contributed by atoms with Crippen molar-refractivity contribution in [2.45, 2.75) is 51.8 Å². The summed E-state index contributed by atoms with van der Waals surface area (Å²) < 4.78 is 32.3. The summed E-state index contributed by atoms with van der Waals surface area (Å²) in [6.45, 7) is 6.98. The van der Waals surface area contributed by atoms with Crippen LogP contribution in [-0.2, 0) is 23.0 Å². The maximum atomic E-state index is 12.6. The summed E-state index contributed by atoms with van der Waals surface area (Å²) in [4.78, 5) is 9.14. The Labute approximate surface area is 206 Å². The highest BCUT2D eigenvalue weighted by molar-refractivity contribution is 7.90. The molecule has 0 spiro atoms. The quantitative estimate of drug-likeness (QED) is 0.490. The molecule has 0 saturated heterocycles. The average Bonchev–Trinajstić information content (AvgIpc) is 3.67. The number of methoxy groups -OCH3 is 1. The number of ether oxygens (including phenoxy) is 1. The van der Waals surface area contributed by atoms with Gasteiger partial charge in [0.05, 0.1) is 12.4 Å². The fourth-order valence-electron chi connectivity index (χ4n) is 4.64. The van der Waals surface area contributed by atoms with E-state index in [1.807, 2.05) is 45.0 Å². The first kappa shape index (κ1) is 23.6. The molecule has 0 atom stereocenters. The van der Waals surface area contributed by atoms with Crippen molar-refractivity contribution in [2.24, 2.45) is 0 Å². The number of fused-ring (bicyclic) bond motifs is 1. The van der Waals surface area contributed by atoms with Crippen LogP contribution in [0.2, 0.25) is 0 Å². The van der Waals surface area contributed by atoms with E-state index in [0.29, 0.717) is 25.5 Å². The number of anilines is 4. The van der Waals surface area contributed by atoms with Gasteiger partial charge in [0.2, 0.25) is 16.0 Å². The lowest BCUT2D eigenvalue weighted by atomic mass is 10.0. The average molecular weight is 494 g/mol. The normalized spacial score (nSPS) is 16.0. The largest absolute Gasteiger partial charge is 0.496 e. The smallest absolute Gasteiger partial charge is 0.229 e. The molecule has 2 aliphatic rings. The third-order valence-corrected chi connectivity index (χ3v) is 8.99. The van der Waals surface area contributed by atoms with Gasteiger partial charge in [-0.25, -0.2) is 13.4 Å². The Morgan fingerprint density at radius 3 is 2.40 bits per heavy atom. The van der Waals surface area contributed by atoms with Crippen molar-refractivity contribution >= 4 is 33.2 Å². The number of aryl methyl sites for hydroxylation is 3. The number of rotatable bonds is 7. The van der Waals surface area contributed by atoms with Gasteiger partial charge in [0, 0.05) is 36.2 Å². The first-order valence-corrected chi connectivity index (χ1v) is 13.4. The molecule has 184 valence electrons. The van der Waals surface area contributed by atoms with Crippen LogP contribution in [0.1, 0.15) is 40.7 Å². The molecule has 2 heterocycles. The van der Waals surface area contributed by atoms with Crippen LogP contribution in [-0.4, -0.2) is 41.6 Å². The van der Waals surface area contributed by atoms with Gasteiger partial charge < -0.3 is 15.4 Å². The summed E-state index contributed by atoms with van der Waals surface area (Å²) in [6.07, 6.45) is 4.09. The zero-order valence-corrected chi connectivity index (χ0v) is 21.4. The van der Waals surface area contributed by atoms with Gasteiger partial charge >= 0.3 is 0 Å². The molecule has 1 aliphatic carbocycles. The van der Waals surface area contributed by atoms with Crippen LogP contribution < -0.4 is 15.4 Å². The maximum Gasteiger partial charge on any atom is 0.229 e. The Hall–Kier alpha value is -3.17. The van der Waals surface area contributed by atoms with Gasteiger partial charge in [0.1, 0.15) is 11.6 Å². The van der Waals surface area contributed by atoms with E-state index in [4.69, 9.17) is 9.72 Å². The monoisotopic (exact) mass is 493 g/mol. The molecule has 8 nitrogen and oxygen atoms in total. The molecule has 1 fully saturated rings. The number of sulfonamides is 1. The van der Waals surface area contributed by atoms with Gasteiger partial charge in [-0.05, 0) is 86.6 Å². The Balaban J connectivity index is 1.32. The minimum atomic E-state index is -3.15. The second-order valence-electron chi connectivity index (χ2n) is 9.43. The summed E-state index contributed by atoms with van der Waals surface area (Å²) >= 11 is 0. The zero-order valence-electron chi connectivity index (χ0n) is 20.6. The fourth-order valence-corrected chi connectivity index (χ4v) is 6.46. The Morgan fingerprint density at radius 2 is 1.71 bits per heavy atom. The molecule has 1 aromatic heterocycles. The number of benzene rings is 2. The van der Waals surface area contributed by atoms with E-state index in [-0.39, 0.29) is 5.25 Å². The predicted molar refractivity (Wildman–Crippen MR) is 138 cm³/mol. The van der Waals surface area contributed by atoms with Crippen molar-refractivity contribution in [3.05, 3.63) is 64.3 Å². The summed E-state index contributed by atoms with van der Waals surface area (Å²) in [6, 6.07) is 10.1. The van der Waals surface area contributed by atoms with Crippen LogP contribution in [0.15, 0.2) is 36.5 Å². The van der Waals surface area contributed by atoms with E-state index in [2.05, 4.69) is 21.7 Å². The van der Waals surface area contributed by atoms with Crippen molar-refractivity contribution in [1.29, 1.82) is 0 Å². The molecule has 0 unspecified atom stereocenters. The molecule has 0 radical (unpaired) electrons. The van der Waals surface area contributed by atoms with Crippen LogP contribution in [0.3, 0.4) is 0 Å². The molecule has 3 aromatic rings. The first-order chi connectivity index (χ1) is 16.7. The van der Waals surface area contributed by atoms with E-state index >= 15 is 0 Å². The molecule has 2 N–H and O–H groups in total. The highest BCUT2D eigenvalue weighted by Gasteiger charge is 2.40. The number of hydrogen-bond acceptors (Lipinski definition) is 7. The van der Waals surface area contributed by atoms with Crippen molar-refractivity contribution in [3.63, 3.8) is 0 Å². The lowest BCUT2D eigenvalue weighted by Crippen LogP contribution is -2.38. The van der Waals surface area contributed by atoms with Crippen LogP contribution in [0.5, 0.6) is 5.75 Å². The Morgan fingerprint density at radius 1 is 0.971 bits per heavy atom. The van der Waals surface area contributed by atoms with Crippen molar-refractivity contribution in [3.8, 4) is 5.75 Å². The fraction of sp³-hybridized carbons (Fsp3) is 0.385. The van der Waals surface area contributed by atoms with Crippen LogP contribution >= 0.6 is 0 Å². The first-order valence-electron chi connectivity index (χ1n) is 11.9. The summed E-state index contributed by atoms with van der Waals surface area (Å²) in [5.74, 6) is 2.10. The van der Waals surface area contributed by atoms with E-state index < -0.39 is 10.0 Å². The van der Waals surface area contributed by atoms with Crippen LogP contribution in [0.25, 0.3) is 0 Å². The van der Waals surface area contributed by atoms with Crippen molar-refractivity contribution < 1.29 is 13.2 Å². The van der Waals surface area contributed by atoms with Gasteiger partial charge in [-0.15, -0.1) is 0 Å². The van der Waals surface area contributed by atoms with E-state index in [0.717, 1.165) is 58.0 Å². The van der Waals surface area contributed by atoms with E-state index in [1.54, 1.807) is 17.6 Å². The second kappa shape index (κ2) is 9.13. The number of aromatic nitrogens is 2. The highest BCUT2D eigenvalue weighted by Crippen LogP contribution is 2.34. The van der Waals surface area contributed by atoms with Gasteiger partial charge in [-0.3, -0.25) is 0 Å². The molecule has 9 heteroatoms. The maximum absolute atomic E-state index is 12.6. The number of nitrogens with one attached hydrogen (secondary N) is 2. The summed E-state index contributed by atoms with van der Waals surface area (Å²) in [5, 5.41) is 6.54. The molecule has 35 heavy (non-hydrogen) atoms. The minimum Gasteiger partial charge on any atom is -0.496 e. The number of nitrogens with zero attached hydrogens (tertiary/aromatic N) is 3. The zero-order chi connectivity index (χ0) is 24.7. The van der Waals surface area contributed by atoms with Crippen LogP contribution in [0, 0.1) is 20.8 Å². The lowest BCUT2D eigenvalue weighted by molar-refractivity contribution is 0.390. The van der Waals surface area contributed by atoms with E-state index in [9.17, 15) is 8.42 Å². The number of hydrogen-bond donors (Lipinski definition) is 2. The van der Waals surface area contributed by atoms with Crippen molar-refractivity contribution in [1.82, 2.24) is 14.3 Å². The van der Waals surface area contributed by atoms with Crippen molar-refractivity contribution in [2.75, 3.05) is 24.3 Å². The molecular weight excluding hydrogens is 462 g/mol. The summed E-state index contributed by atoms with van der Waals surface area (Å²) in [7, 11) is -1.47. The molecule has 5 rings (SSSR count). The molecule has 1 saturated carbocycles. The van der Waals surface area contributed by atoms with Crippen LogP contribution in [0.4, 0.5) is 23.1 Å². The summed E-state index contributed by atoms with van der Waals surface area (Å²) in [5.41, 5.74) is 7.07. The van der Waals surface area contributed by atoms with Gasteiger partial charge in [-0.2, -0.15) is 9.29 Å². The van der Waals surface area contributed by atoms with Gasteiger partial charge in [-0.1, -0.05) is 6.07 Å². The molecular formula is C26H31N5O3S. The topological polar surface area (TPSA) is 96.5 Å². The highest BCUT2D eigenvalue weighted by atomic mass is 32.2. The molecule has 0 amide bonds. The SMILES string of the molecule is COc1c(C)cc(Nc2ncc(C)c(Nc3ccc4c(c3)CCN(S(=O)(=O)C3CC3)C4)n2)cc1C.